The lowest BCUT2D eigenvalue weighted by Gasteiger charge is -2.20. The van der Waals surface area contributed by atoms with E-state index in [0.717, 1.165) is 18.5 Å². The molecule has 0 amide bonds. The van der Waals surface area contributed by atoms with Crippen molar-refractivity contribution in [1.82, 2.24) is 0 Å². The minimum atomic E-state index is 0.764. The second kappa shape index (κ2) is 9.36. The number of nitrogens with zero attached hydrogens (tertiary/aromatic N) is 1. The Labute approximate surface area is 223 Å². The van der Waals surface area contributed by atoms with Gasteiger partial charge in [-0.05, 0) is 89.8 Å². The molecule has 0 aromatic heterocycles. The van der Waals surface area contributed by atoms with Gasteiger partial charge in [-0.25, -0.2) is 0 Å². The summed E-state index contributed by atoms with van der Waals surface area (Å²) in [7, 11) is 0. The van der Waals surface area contributed by atoms with E-state index in [4.69, 9.17) is 0 Å². The fraction of sp³-hybridized carbons (Fsp3) is 0.0811. The lowest BCUT2D eigenvalue weighted by atomic mass is 9.85. The molecule has 38 heavy (non-hydrogen) atoms. The van der Waals surface area contributed by atoms with Crippen molar-refractivity contribution in [2.24, 2.45) is 0 Å². The molecule has 0 atom stereocenters. The second-order valence-electron chi connectivity index (χ2n) is 10.0. The van der Waals surface area contributed by atoms with E-state index in [0.29, 0.717) is 0 Å². The first-order valence-corrected chi connectivity index (χ1v) is 13.4. The van der Waals surface area contributed by atoms with Crippen LogP contribution in [0.25, 0.3) is 65.5 Å². The lowest BCUT2D eigenvalue weighted by Crippen LogP contribution is -1.92. The van der Waals surface area contributed by atoms with Crippen LogP contribution in [0.4, 0.5) is 0 Å². The first-order chi connectivity index (χ1) is 18.8. The Bertz CT molecular complexity index is 1830. The van der Waals surface area contributed by atoms with E-state index in [1.807, 2.05) is 6.20 Å². The smallest absolute Gasteiger partial charge is 0.00262 e. The Morgan fingerprint density at radius 3 is 1.71 bits per heavy atom. The molecule has 0 unspecified atom stereocenters. The molecule has 6 aromatic rings. The van der Waals surface area contributed by atoms with Gasteiger partial charge in [0.1, 0.15) is 0 Å². The molecule has 1 nitrogen and oxygen atoms in total. The molecule has 0 aliphatic carbocycles. The average molecular weight is 487 g/mol. The van der Waals surface area contributed by atoms with Crippen molar-refractivity contribution in [2.45, 2.75) is 13.3 Å². The quantitative estimate of drug-likeness (QED) is 0.220. The van der Waals surface area contributed by atoms with Crippen LogP contribution in [-0.2, 0) is 6.42 Å². The van der Waals surface area contributed by atoms with Crippen molar-refractivity contribution in [3.8, 4) is 22.3 Å². The number of benzene rings is 6. The zero-order chi connectivity index (χ0) is 25.5. The van der Waals surface area contributed by atoms with Gasteiger partial charge in [0.2, 0.25) is 0 Å². The lowest BCUT2D eigenvalue weighted by molar-refractivity contribution is 1.14. The van der Waals surface area contributed by atoms with Gasteiger partial charge in [0, 0.05) is 0 Å². The predicted molar refractivity (Wildman–Crippen MR) is 165 cm³/mol. The fourth-order valence-corrected chi connectivity index (χ4v) is 5.84. The number of rotatable bonds is 4. The highest BCUT2D eigenvalue weighted by Gasteiger charge is 2.16. The van der Waals surface area contributed by atoms with Crippen molar-refractivity contribution in [3.63, 3.8) is 0 Å². The highest BCUT2D eigenvalue weighted by Crippen LogP contribution is 2.44. The highest BCUT2D eigenvalue weighted by atomic mass is 14.8. The molecule has 0 saturated heterocycles. The predicted octanol–water partition coefficient (Wildman–Crippen LogP) is 10.3. The Kier molecular flexibility index (Phi) is 5.56. The van der Waals surface area contributed by atoms with Gasteiger partial charge in [0.15, 0.2) is 0 Å². The molecule has 182 valence electrons. The molecule has 0 radical (unpaired) electrons. The maximum atomic E-state index is 4.44. The summed E-state index contributed by atoms with van der Waals surface area (Å²) >= 11 is 0. The van der Waals surface area contributed by atoms with Gasteiger partial charge in [-0.3, -0.25) is 0 Å². The van der Waals surface area contributed by atoms with E-state index in [2.05, 4.69) is 134 Å². The molecular formula is C37H28N-. The van der Waals surface area contributed by atoms with Gasteiger partial charge in [0.05, 0.1) is 0 Å². The normalized spacial score (nSPS) is 13.1. The summed E-state index contributed by atoms with van der Waals surface area (Å²) in [6.45, 7) is 2.97. The maximum Gasteiger partial charge on any atom is -0.00262 e. The van der Waals surface area contributed by atoms with Crippen LogP contribution in [-0.4, -0.2) is 6.54 Å². The summed E-state index contributed by atoms with van der Waals surface area (Å²) < 4.78 is 0. The minimum absolute atomic E-state index is 0.764. The molecule has 0 N–H and O–H groups in total. The van der Waals surface area contributed by atoms with E-state index < -0.39 is 0 Å². The molecular weight excluding hydrogens is 458 g/mol. The molecule has 0 fully saturated rings. The molecule has 1 heterocycles. The van der Waals surface area contributed by atoms with Crippen molar-refractivity contribution in [3.05, 3.63) is 144 Å². The highest BCUT2D eigenvalue weighted by molar-refractivity contribution is 6.21. The summed E-state index contributed by atoms with van der Waals surface area (Å²) in [6, 6.07) is 40.4. The standard InChI is InChI=1S/C37H28N/c1-2-25-13-15-27(16-14-25)36-32-9-3-5-11-34(32)37(35-12-6-4-10-33(35)36)29-20-18-26-17-19-28(22-31(26)23-29)30-8-7-21-38-24-30/h3-20,22-24H,2,21H2,1H3/q-1. The summed E-state index contributed by atoms with van der Waals surface area (Å²) in [5.74, 6) is 0. The topological polar surface area (TPSA) is 14.1 Å². The second-order valence-corrected chi connectivity index (χ2v) is 10.0. The van der Waals surface area contributed by atoms with Gasteiger partial charge in [-0.2, -0.15) is 6.20 Å². The van der Waals surface area contributed by atoms with E-state index in [1.165, 1.54) is 65.7 Å². The van der Waals surface area contributed by atoms with Gasteiger partial charge in [-0.1, -0.05) is 110 Å². The van der Waals surface area contributed by atoms with Gasteiger partial charge in [-0.15, -0.1) is 12.6 Å². The summed E-state index contributed by atoms with van der Waals surface area (Å²) in [5.41, 5.74) is 8.85. The van der Waals surface area contributed by atoms with Crippen molar-refractivity contribution < 1.29 is 0 Å². The monoisotopic (exact) mass is 486 g/mol. The van der Waals surface area contributed by atoms with Gasteiger partial charge < -0.3 is 5.32 Å². The van der Waals surface area contributed by atoms with Crippen LogP contribution in [0.3, 0.4) is 0 Å². The van der Waals surface area contributed by atoms with E-state index in [-0.39, 0.29) is 0 Å². The molecule has 7 rings (SSSR count). The van der Waals surface area contributed by atoms with Gasteiger partial charge >= 0.3 is 0 Å². The molecule has 1 heteroatoms. The SMILES string of the molecule is CCc1ccc(-c2c3ccccc3c(-c3ccc4ccc(C5=C[N-]CC=C5)cc4c3)c3ccccc23)cc1. The number of fused-ring (bicyclic) bond motifs is 3. The Balaban J connectivity index is 1.49. The molecule has 0 bridgehead atoms. The minimum Gasteiger partial charge on any atom is -0.687 e. The summed E-state index contributed by atoms with van der Waals surface area (Å²) in [4.78, 5) is 0. The molecule has 0 saturated carbocycles. The third-order valence-electron chi connectivity index (χ3n) is 7.78. The van der Waals surface area contributed by atoms with Crippen LogP contribution >= 0.6 is 0 Å². The third-order valence-corrected chi connectivity index (χ3v) is 7.78. The van der Waals surface area contributed by atoms with Crippen LogP contribution in [0, 0.1) is 0 Å². The zero-order valence-corrected chi connectivity index (χ0v) is 21.5. The van der Waals surface area contributed by atoms with E-state index >= 15 is 0 Å². The van der Waals surface area contributed by atoms with Gasteiger partial charge in [0.25, 0.3) is 0 Å². The third kappa shape index (κ3) is 3.79. The number of aryl methyl sites for hydroxylation is 1. The van der Waals surface area contributed by atoms with Crippen LogP contribution in [0.2, 0.25) is 0 Å². The number of hydrogen-bond donors (Lipinski definition) is 0. The Morgan fingerprint density at radius 2 is 1.13 bits per heavy atom. The van der Waals surface area contributed by atoms with Crippen molar-refractivity contribution in [2.75, 3.05) is 6.54 Å². The summed E-state index contributed by atoms with van der Waals surface area (Å²) in [6.07, 6.45) is 7.32. The maximum absolute atomic E-state index is 4.44. The first kappa shape index (κ1) is 22.6. The molecule has 6 aromatic carbocycles. The average Bonchev–Trinajstić information content (AvgIpc) is 3.00. The van der Waals surface area contributed by atoms with E-state index in [1.54, 1.807) is 0 Å². The Hall–Kier alpha value is -4.62. The molecule has 1 aliphatic heterocycles. The summed E-state index contributed by atoms with van der Waals surface area (Å²) in [5, 5.41) is 12.1. The van der Waals surface area contributed by atoms with Crippen LogP contribution < -0.4 is 0 Å². The van der Waals surface area contributed by atoms with Crippen LogP contribution in [0.1, 0.15) is 18.1 Å². The van der Waals surface area contributed by atoms with Crippen LogP contribution in [0.15, 0.2) is 128 Å². The molecule has 0 spiro atoms. The molecule has 1 aliphatic rings. The zero-order valence-electron chi connectivity index (χ0n) is 21.5. The van der Waals surface area contributed by atoms with E-state index in [9.17, 15) is 0 Å². The number of hydrogen-bond acceptors (Lipinski definition) is 0. The fourth-order valence-electron chi connectivity index (χ4n) is 5.84. The van der Waals surface area contributed by atoms with Crippen molar-refractivity contribution in [1.29, 1.82) is 0 Å². The largest absolute Gasteiger partial charge is 0.687 e. The first-order valence-electron chi connectivity index (χ1n) is 13.4. The van der Waals surface area contributed by atoms with Crippen LogP contribution in [0.5, 0.6) is 0 Å². The Morgan fingerprint density at radius 1 is 0.579 bits per heavy atom. The number of allylic oxidation sites excluding steroid dienone is 2. The van der Waals surface area contributed by atoms with Crippen molar-refractivity contribution >= 4 is 37.9 Å².